The van der Waals surface area contributed by atoms with Gasteiger partial charge in [-0.15, -0.1) is 0 Å². The Labute approximate surface area is 105 Å². The topological polar surface area (TPSA) is 28.4 Å². The second kappa shape index (κ2) is 6.82. The first-order valence-electron chi connectivity index (χ1n) is 6.50. The Bertz CT molecular complexity index is 297. The van der Waals surface area contributed by atoms with Gasteiger partial charge in [-0.2, -0.15) is 0 Å². The van der Waals surface area contributed by atoms with E-state index in [0.717, 1.165) is 26.2 Å². The first-order chi connectivity index (χ1) is 8.09. The van der Waals surface area contributed by atoms with Crippen LogP contribution >= 0.6 is 0 Å². The van der Waals surface area contributed by atoms with Crippen LogP contribution in [0.2, 0.25) is 0 Å². The van der Waals surface area contributed by atoms with Crippen LogP contribution in [-0.4, -0.2) is 31.6 Å². The average molecular weight is 238 g/mol. The highest BCUT2D eigenvalue weighted by Gasteiger charge is 2.23. The van der Waals surface area contributed by atoms with Crippen molar-refractivity contribution in [2.75, 3.05) is 26.7 Å². The Balaban J connectivity index is 2.43. The summed E-state index contributed by atoms with van der Waals surface area (Å²) in [6.45, 7) is 11.0. The fraction of sp³-hybridized carbons (Fsp3) is 0.714. The van der Waals surface area contributed by atoms with E-state index in [2.05, 4.69) is 38.0 Å². The van der Waals surface area contributed by atoms with Crippen molar-refractivity contribution in [3.05, 3.63) is 24.2 Å². The van der Waals surface area contributed by atoms with Gasteiger partial charge in [-0.25, -0.2) is 0 Å². The average Bonchev–Trinajstić information content (AvgIpc) is 2.79. The van der Waals surface area contributed by atoms with Gasteiger partial charge in [-0.05, 0) is 31.5 Å². The van der Waals surface area contributed by atoms with Crippen LogP contribution in [0.1, 0.15) is 32.8 Å². The molecule has 0 saturated carbocycles. The van der Waals surface area contributed by atoms with Crippen LogP contribution in [0, 0.1) is 5.41 Å². The predicted molar refractivity (Wildman–Crippen MR) is 72.0 cm³/mol. The van der Waals surface area contributed by atoms with E-state index in [1.54, 1.807) is 6.26 Å². The standard InChI is InChI=1S/C14H26N2O/c1-5-14(3,11-15-6-2)12-16(4)9-13-7-8-17-10-13/h7-8,10,15H,5-6,9,11-12H2,1-4H3. The minimum atomic E-state index is 0.342. The summed E-state index contributed by atoms with van der Waals surface area (Å²) in [6.07, 6.45) is 4.75. The normalized spacial score (nSPS) is 15.1. The lowest BCUT2D eigenvalue weighted by atomic mass is 9.86. The molecule has 0 amide bonds. The van der Waals surface area contributed by atoms with E-state index in [0.29, 0.717) is 5.41 Å². The molecule has 17 heavy (non-hydrogen) atoms. The van der Waals surface area contributed by atoms with Gasteiger partial charge in [0.05, 0.1) is 12.5 Å². The maximum atomic E-state index is 5.10. The van der Waals surface area contributed by atoms with Gasteiger partial charge in [0.15, 0.2) is 0 Å². The third kappa shape index (κ3) is 4.92. The first-order valence-corrected chi connectivity index (χ1v) is 6.50. The molecular weight excluding hydrogens is 212 g/mol. The third-order valence-corrected chi connectivity index (χ3v) is 3.34. The highest BCUT2D eigenvalue weighted by molar-refractivity contribution is 5.04. The second-order valence-electron chi connectivity index (χ2n) is 5.25. The van der Waals surface area contributed by atoms with Crippen molar-refractivity contribution in [2.45, 2.75) is 33.7 Å². The van der Waals surface area contributed by atoms with Crippen LogP contribution in [0.5, 0.6) is 0 Å². The van der Waals surface area contributed by atoms with E-state index in [4.69, 9.17) is 4.42 Å². The summed E-state index contributed by atoms with van der Waals surface area (Å²) in [5, 5.41) is 3.46. The van der Waals surface area contributed by atoms with E-state index < -0.39 is 0 Å². The molecule has 0 aliphatic heterocycles. The molecule has 0 fully saturated rings. The SMILES string of the molecule is CCNCC(C)(CC)CN(C)Cc1ccoc1. The molecule has 1 N–H and O–H groups in total. The molecule has 98 valence electrons. The summed E-state index contributed by atoms with van der Waals surface area (Å²) in [5.41, 5.74) is 1.59. The van der Waals surface area contributed by atoms with Gasteiger partial charge in [-0.3, -0.25) is 0 Å². The minimum Gasteiger partial charge on any atom is -0.472 e. The van der Waals surface area contributed by atoms with Crippen molar-refractivity contribution in [2.24, 2.45) is 5.41 Å². The van der Waals surface area contributed by atoms with Crippen molar-refractivity contribution < 1.29 is 4.42 Å². The minimum absolute atomic E-state index is 0.342. The highest BCUT2D eigenvalue weighted by Crippen LogP contribution is 2.22. The Hall–Kier alpha value is -0.800. The Morgan fingerprint density at radius 3 is 2.71 bits per heavy atom. The fourth-order valence-corrected chi connectivity index (χ4v) is 2.12. The van der Waals surface area contributed by atoms with Crippen LogP contribution in [0.4, 0.5) is 0 Å². The molecule has 3 heteroatoms. The van der Waals surface area contributed by atoms with E-state index >= 15 is 0 Å². The molecule has 1 unspecified atom stereocenters. The van der Waals surface area contributed by atoms with E-state index in [-0.39, 0.29) is 0 Å². The lowest BCUT2D eigenvalue weighted by Crippen LogP contribution is -2.40. The van der Waals surface area contributed by atoms with E-state index in [1.807, 2.05) is 12.3 Å². The number of nitrogens with zero attached hydrogens (tertiary/aromatic N) is 1. The summed E-state index contributed by atoms with van der Waals surface area (Å²) in [4.78, 5) is 2.37. The smallest absolute Gasteiger partial charge is 0.0947 e. The summed E-state index contributed by atoms with van der Waals surface area (Å²) in [5.74, 6) is 0. The molecule has 0 radical (unpaired) electrons. The highest BCUT2D eigenvalue weighted by atomic mass is 16.3. The van der Waals surface area contributed by atoms with E-state index in [9.17, 15) is 0 Å². The number of furan rings is 1. The molecule has 0 aromatic carbocycles. The van der Waals surface area contributed by atoms with Crippen LogP contribution in [0.15, 0.2) is 23.0 Å². The predicted octanol–water partition coefficient (Wildman–Crippen LogP) is 2.74. The van der Waals surface area contributed by atoms with Crippen molar-refractivity contribution in [1.82, 2.24) is 10.2 Å². The van der Waals surface area contributed by atoms with Crippen LogP contribution < -0.4 is 5.32 Å². The van der Waals surface area contributed by atoms with Gasteiger partial charge in [0, 0.05) is 25.2 Å². The quantitative estimate of drug-likeness (QED) is 0.755. The monoisotopic (exact) mass is 238 g/mol. The maximum absolute atomic E-state index is 5.10. The molecule has 1 aromatic rings. The molecule has 0 aliphatic rings. The molecule has 0 aliphatic carbocycles. The number of hydrogen-bond acceptors (Lipinski definition) is 3. The first kappa shape index (κ1) is 14.3. The summed E-state index contributed by atoms with van der Waals surface area (Å²) in [6, 6.07) is 2.03. The molecule has 0 saturated heterocycles. The Morgan fingerprint density at radius 2 is 2.18 bits per heavy atom. The summed E-state index contributed by atoms with van der Waals surface area (Å²) in [7, 11) is 2.17. The molecule has 0 bridgehead atoms. The van der Waals surface area contributed by atoms with Gasteiger partial charge >= 0.3 is 0 Å². The van der Waals surface area contributed by atoms with Gasteiger partial charge in [0.25, 0.3) is 0 Å². The zero-order valence-electron chi connectivity index (χ0n) is 11.6. The van der Waals surface area contributed by atoms with Gasteiger partial charge in [0.2, 0.25) is 0 Å². The molecular formula is C14H26N2O. The van der Waals surface area contributed by atoms with Crippen molar-refractivity contribution in [3.63, 3.8) is 0 Å². The van der Waals surface area contributed by atoms with Crippen molar-refractivity contribution in [1.29, 1.82) is 0 Å². The fourth-order valence-electron chi connectivity index (χ4n) is 2.12. The van der Waals surface area contributed by atoms with Crippen LogP contribution in [-0.2, 0) is 6.54 Å². The van der Waals surface area contributed by atoms with Crippen molar-refractivity contribution >= 4 is 0 Å². The van der Waals surface area contributed by atoms with Gasteiger partial charge < -0.3 is 14.6 Å². The molecule has 1 rings (SSSR count). The summed E-state index contributed by atoms with van der Waals surface area (Å²) >= 11 is 0. The molecule has 1 aromatic heterocycles. The van der Waals surface area contributed by atoms with Gasteiger partial charge in [0.1, 0.15) is 0 Å². The zero-order chi connectivity index (χ0) is 12.7. The third-order valence-electron chi connectivity index (χ3n) is 3.34. The zero-order valence-corrected chi connectivity index (χ0v) is 11.6. The molecule has 3 nitrogen and oxygen atoms in total. The lowest BCUT2D eigenvalue weighted by Gasteiger charge is -2.33. The number of nitrogens with one attached hydrogen (secondary N) is 1. The van der Waals surface area contributed by atoms with Crippen molar-refractivity contribution in [3.8, 4) is 0 Å². The van der Waals surface area contributed by atoms with E-state index in [1.165, 1.54) is 12.0 Å². The second-order valence-corrected chi connectivity index (χ2v) is 5.25. The Kier molecular flexibility index (Phi) is 5.72. The molecule has 0 spiro atoms. The largest absolute Gasteiger partial charge is 0.472 e. The number of rotatable bonds is 8. The molecule has 1 atom stereocenters. The van der Waals surface area contributed by atoms with Crippen LogP contribution in [0.3, 0.4) is 0 Å². The van der Waals surface area contributed by atoms with Gasteiger partial charge in [-0.1, -0.05) is 20.8 Å². The molecule has 1 heterocycles. The number of hydrogen-bond donors (Lipinski definition) is 1. The lowest BCUT2D eigenvalue weighted by molar-refractivity contribution is 0.176. The Morgan fingerprint density at radius 1 is 1.41 bits per heavy atom. The summed E-state index contributed by atoms with van der Waals surface area (Å²) < 4.78 is 5.10. The van der Waals surface area contributed by atoms with Crippen LogP contribution in [0.25, 0.3) is 0 Å². The maximum Gasteiger partial charge on any atom is 0.0947 e.